The van der Waals surface area contributed by atoms with Crippen molar-refractivity contribution in [3.8, 4) is 0 Å². The second kappa shape index (κ2) is 5.75. The number of rotatable bonds is 6. The third kappa shape index (κ3) is 4.88. The van der Waals surface area contributed by atoms with E-state index in [1.54, 1.807) is 7.11 Å². The molecule has 0 aromatic carbocycles. The number of methoxy groups -OCH3 is 1. The van der Waals surface area contributed by atoms with Gasteiger partial charge < -0.3 is 9.47 Å². The highest BCUT2D eigenvalue weighted by Gasteiger charge is 2.15. The molecule has 0 bridgehead atoms. The summed E-state index contributed by atoms with van der Waals surface area (Å²) in [6.45, 7) is 5.15. The van der Waals surface area contributed by atoms with Crippen molar-refractivity contribution in [2.75, 3.05) is 13.7 Å². The maximum absolute atomic E-state index is 5.64. The third-order valence-corrected chi connectivity index (χ3v) is 3.06. The van der Waals surface area contributed by atoms with E-state index in [1.807, 2.05) is 13.8 Å². The summed E-state index contributed by atoms with van der Waals surface area (Å²) in [5.41, 5.74) is -0.140. The van der Waals surface area contributed by atoms with Gasteiger partial charge in [-0.2, -0.15) is 0 Å². The predicted octanol–water partition coefficient (Wildman–Crippen LogP) is 2.52. The Bertz CT molecular complexity index is 304. The molecule has 0 aliphatic heterocycles. The fourth-order valence-corrected chi connectivity index (χ4v) is 1.68. The van der Waals surface area contributed by atoms with Crippen LogP contribution in [0.25, 0.3) is 0 Å². The minimum Gasteiger partial charge on any atom is -0.379 e. The Morgan fingerprint density at radius 2 is 2.13 bits per heavy atom. The normalized spacial score (nSPS) is 12.0. The van der Waals surface area contributed by atoms with Crippen LogP contribution in [0.3, 0.4) is 0 Å². The average molecular weight is 251 g/mol. The number of hydrogen-bond acceptors (Lipinski definition) is 5. The summed E-state index contributed by atoms with van der Waals surface area (Å²) in [6, 6.07) is 0. The van der Waals surface area contributed by atoms with Gasteiger partial charge in [0, 0.05) is 13.7 Å². The van der Waals surface area contributed by atoms with Gasteiger partial charge in [0.25, 0.3) is 0 Å². The second-order valence-electron chi connectivity index (χ2n) is 3.72. The minimum absolute atomic E-state index is 0.140. The molecule has 0 fully saturated rings. The quantitative estimate of drug-likeness (QED) is 0.728. The van der Waals surface area contributed by atoms with Crippen molar-refractivity contribution in [1.82, 2.24) is 10.2 Å². The van der Waals surface area contributed by atoms with E-state index in [2.05, 4.69) is 10.2 Å². The Labute approximate surface area is 98.6 Å². The van der Waals surface area contributed by atoms with Crippen LogP contribution in [-0.2, 0) is 16.1 Å². The van der Waals surface area contributed by atoms with Gasteiger partial charge in [-0.25, -0.2) is 0 Å². The maximum Gasteiger partial charge on any atom is 0.207 e. The first-order valence-electron chi connectivity index (χ1n) is 4.64. The fraction of sp³-hybridized carbons (Fsp3) is 0.778. The van der Waals surface area contributed by atoms with Crippen LogP contribution in [0.15, 0.2) is 0 Å². The van der Waals surface area contributed by atoms with Gasteiger partial charge in [0.2, 0.25) is 4.47 Å². The van der Waals surface area contributed by atoms with Gasteiger partial charge in [-0.1, -0.05) is 11.3 Å². The molecular weight excluding hydrogens is 236 g/mol. The average Bonchev–Trinajstić information content (AvgIpc) is 2.59. The van der Waals surface area contributed by atoms with Crippen LogP contribution in [0.4, 0.5) is 0 Å². The SMILES string of the molecule is COC(C)(C)CCOCc1nnc(Cl)s1. The molecule has 4 nitrogen and oxygen atoms in total. The van der Waals surface area contributed by atoms with Crippen LogP contribution in [-0.4, -0.2) is 29.5 Å². The summed E-state index contributed by atoms with van der Waals surface area (Å²) < 4.78 is 11.2. The number of aromatic nitrogens is 2. The summed E-state index contributed by atoms with van der Waals surface area (Å²) >= 11 is 6.98. The summed E-state index contributed by atoms with van der Waals surface area (Å²) in [7, 11) is 1.70. The van der Waals surface area contributed by atoms with Crippen LogP contribution in [0.1, 0.15) is 25.3 Å². The van der Waals surface area contributed by atoms with Crippen LogP contribution >= 0.6 is 22.9 Å². The topological polar surface area (TPSA) is 44.2 Å². The Balaban J connectivity index is 2.17. The molecule has 0 saturated heterocycles. The van der Waals surface area contributed by atoms with Gasteiger partial charge >= 0.3 is 0 Å². The van der Waals surface area contributed by atoms with E-state index in [0.29, 0.717) is 17.7 Å². The lowest BCUT2D eigenvalue weighted by molar-refractivity contribution is -0.0125. The molecule has 0 amide bonds. The zero-order chi connectivity index (χ0) is 11.3. The molecule has 0 N–H and O–H groups in total. The number of hydrogen-bond donors (Lipinski definition) is 0. The number of nitrogens with zero attached hydrogens (tertiary/aromatic N) is 2. The molecule has 86 valence electrons. The van der Waals surface area contributed by atoms with Gasteiger partial charge in [-0.3, -0.25) is 0 Å². The van der Waals surface area contributed by atoms with Gasteiger partial charge in [-0.15, -0.1) is 10.2 Å². The molecule has 0 aliphatic carbocycles. The first-order valence-corrected chi connectivity index (χ1v) is 5.84. The maximum atomic E-state index is 5.64. The van der Waals surface area contributed by atoms with Crippen molar-refractivity contribution in [3.63, 3.8) is 0 Å². The largest absolute Gasteiger partial charge is 0.379 e. The van der Waals surface area contributed by atoms with E-state index in [-0.39, 0.29) is 5.60 Å². The molecule has 0 radical (unpaired) electrons. The summed E-state index contributed by atoms with van der Waals surface area (Å²) in [6.07, 6.45) is 0.843. The van der Waals surface area contributed by atoms with Crippen molar-refractivity contribution < 1.29 is 9.47 Å². The van der Waals surface area contributed by atoms with E-state index in [0.717, 1.165) is 11.4 Å². The minimum atomic E-state index is -0.140. The van der Waals surface area contributed by atoms with E-state index < -0.39 is 0 Å². The Morgan fingerprint density at radius 3 is 2.67 bits per heavy atom. The van der Waals surface area contributed by atoms with Gasteiger partial charge in [-0.05, 0) is 31.9 Å². The number of ether oxygens (including phenoxy) is 2. The molecular formula is C9H15ClN2O2S. The molecule has 1 aromatic heterocycles. The molecule has 6 heteroatoms. The molecule has 0 unspecified atom stereocenters. The molecule has 0 saturated carbocycles. The highest BCUT2D eigenvalue weighted by Crippen LogP contribution is 2.16. The lowest BCUT2D eigenvalue weighted by atomic mass is 10.1. The van der Waals surface area contributed by atoms with Crippen molar-refractivity contribution in [2.24, 2.45) is 0 Å². The highest BCUT2D eigenvalue weighted by atomic mass is 35.5. The van der Waals surface area contributed by atoms with Gasteiger partial charge in [0.15, 0.2) is 0 Å². The Kier molecular flexibility index (Phi) is 4.92. The number of halogens is 1. The summed E-state index contributed by atoms with van der Waals surface area (Å²) in [5.74, 6) is 0. The van der Waals surface area contributed by atoms with Crippen molar-refractivity contribution in [2.45, 2.75) is 32.5 Å². The van der Waals surface area contributed by atoms with Crippen LogP contribution < -0.4 is 0 Å². The molecule has 0 atom stereocenters. The monoisotopic (exact) mass is 250 g/mol. The van der Waals surface area contributed by atoms with Gasteiger partial charge in [0.05, 0.1) is 5.60 Å². The predicted molar refractivity (Wildman–Crippen MR) is 60.3 cm³/mol. The smallest absolute Gasteiger partial charge is 0.207 e. The Morgan fingerprint density at radius 1 is 1.40 bits per heavy atom. The highest BCUT2D eigenvalue weighted by molar-refractivity contribution is 7.15. The lowest BCUT2D eigenvalue weighted by Gasteiger charge is -2.22. The summed E-state index contributed by atoms with van der Waals surface area (Å²) in [5, 5.41) is 8.34. The molecule has 1 aromatic rings. The van der Waals surface area contributed by atoms with Gasteiger partial charge in [0.1, 0.15) is 11.6 Å². The first-order chi connectivity index (χ1) is 7.03. The zero-order valence-corrected chi connectivity index (χ0v) is 10.7. The van der Waals surface area contributed by atoms with E-state index in [9.17, 15) is 0 Å². The fourth-order valence-electron chi connectivity index (χ4n) is 0.871. The molecule has 15 heavy (non-hydrogen) atoms. The van der Waals surface area contributed by atoms with E-state index in [1.165, 1.54) is 11.3 Å². The first kappa shape index (κ1) is 12.8. The standard InChI is InChI=1S/C9H15ClN2O2S/c1-9(2,13-3)4-5-14-6-7-11-12-8(10)15-7/h4-6H2,1-3H3. The molecule has 0 aliphatic rings. The summed E-state index contributed by atoms with van der Waals surface area (Å²) in [4.78, 5) is 0. The van der Waals surface area contributed by atoms with Crippen molar-refractivity contribution in [3.05, 3.63) is 9.47 Å². The second-order valence-corrected chi connectivity index (χ2v) is 5.36. The van der Waals surface area contributed by atoms with E-state index >= 15 is 0 Å². The molecule has 0 spiro atoms. The van der Waals surface area contributed by atoms with Crippen LogP contribution in [0, 0.1) is 0 Å². The molecule has 1 rings (SSSR count). The van der Waals surface area contributed by atoms with E-state index in [4.69, 9.17) is 21.1 Å². The van der Waals surface area contributed by atoms with Crippen LogP contribution in [0.5, 0.6) is 0 Å². The third-order valence-electron chi connectivity index (χ3n) is 2.07. The van der Waals surface area contributed by atoms with Crippen molar-refractivity contribution >= 4 is 22.9 Å². The van der Waals surface area contributed by atoms with Crippen molar-refractivity contribution in [1.29, 1.82) is 0 Å². The molecule has 1 heterocycles. The lowest BCUT2D eigenvalue weighted by Crippen LogP contribution is -2.24. The zero-order valence-electron chi connectivity index (χ0n) is 9.12. The Hall–Kier alpha value is -0.230. The van der Waals surface area contributed by atoms with Crippen LogP contribution in [0.2, 0.25) is 4.47 Å².